The Morgan fingerprint density at radius 1 is 0.793 bits per heavy atom. The molecule has 7 heteroatoms. The molecule has 7 nitrogen and oxygen atoms in total. The summed E-state index contributed by atoms with van der Waals surface area (Å²) in [6.07, 6.45) is 17.2. The minimum Gasteiger partial charge on any atom is -0.446 e. The first-order valence-corrected chi connectivity index (χ1v) is 10.3. The molecule has 4 aliphatic carbocycles. The summed E-state index contributed by atoms with van der Waals surface area (Å²) in [4.78, 5) is 24.4. The molecule has 6 atom stereocenters. The van der Waals surface area contributed by atoms with Crippen molar-refractivity contribution in [3.63, 3.8) is 0 Å². The van der Waals surface area contributed by atoms with E-state index in [2.05, 4.69) is 45.4 Å². The topological polar surface area (TPSA) is 96.1 Å². The Kier molecular flexibility index (Phi) is 4.66. The standard InChI is InChI=1S/C22H24N4O3/c27-21(25-23-11-17-9-13-1-3-15(17)7-13)19-5-6-20(29-19)22(28)26-24-12-18-10-14-2-4-16(18)8-14/h1-6,11-18H,7-10H2,(H,25,27)(H,26,28)/b23-11-,24-12-/t13-,14-,15-,16+,17-,18+/m1/s1. The SMILES string of the molecule is O=C(N/N=C\[C@@H]1C[C@@H]2C=C[C@H]1C2)c1ccc(C(=O)N/N=C\[C@H]2C[C@@H]3C=C[C@@H]2C3)o1. The maximum absolute atomic E-state index is 12.2. The second kappa shape index (κ2) is 7.46. The van der Waals surface area contributed by atoms with Gasteiger partial charge < -0.3 is 4.42 Å². The van der Waals surface area contributed by atoms with Gasteiger partial charge in [0.05, 0.1) is 0 Å². The number of carbonyl (C=O) groups is 2. The summed E-state index contributed by atoms with van der Waals surface area (Å²) in [6.45, 7) is 0. The summed E-state index contributed by atoms with van der Waals surface area (Å²) in [5.41, 5.74) is 4.96. The Balaban J connectivity index is 1.11. The average molecular weight is 392 g/mol. The van der Waals surface area contributed by atoms with Gasteiger partial charge in [-0.1, -0.05) is 24.3 Å². The Hall–Kier alpha value is -2.96. The molecule has 0 aromatic carbocycles. The van der Waals surface area contributed by atoms with Crippen molar-refractivity contribution in [2.75, 3.05) is 0 Å². The number of nitrogens with one attached hydrogen (secondary N) is 2. The minimum atomic E-state index is -0.476. The maximum atomic E-state index is 12.2. The fraction of sp³-hybridized carbons (Fsp3) is 0.455. The smallest absolute Gasteiger partial charge is 0.307 e. The van der Waals surface area contributed by atoms with Crippen LogP contribution in [0.3, 0.4) is 0 Å². The maximum Gasteiger partial charge on any atom is 0.307 e. The molecule has 0 aliphatic heterocycles. The number of furan rings is 1. The zero-order valence-electron chi connectivity index (χ0n) is 16.0. The summed E-state index contributed by atoms with van der Waals surface area (Å²) < 4.78 is 5.36. The van der Waals surface area contributed by atoms with Crippen molar-refractivity contribution in [2.24, 2.45) is 45.7 Å². The zero-order valence-corrected chi connectivity index (χ0v) is 16.0. The first kappa shape index (κ1) is 18.1. The van der Waals surface area contributed by atoms with E-state index in [1.54, 1.807) is 0 Å². The van der Waals surface area contributed by atoms with Crippen molar-refractivity contribution in [3.8, 4) is 0 Å². The molecule has 29 heavy (non-hydrogen) atoms. The number of carbonyl (C=O) groups excluding carboxylic acids is 2. The van der Waals surface area contributed by atoms with Crippen molar-refractivity contribution in [1.29, 1.82) is 0 Å². The van der Waals surface area contributed by atoms with E-state index in [0.717, 1.165) is 12.8 Å². The van der Waals surface area contributed by atoms with Gasteiger partial charge in [0.15, 0.2) is 11.5 Å². The number of rotatable bonds is 6. The van der Waals surface area contributed by atoms with Gasteiger partial charge in [-0.2, -0.15) is 10.2 Å². The van der Waals surface area contributed by atoms with Crippen molar-refractivity contribution in [2.45, 2.75) is 25.7 Å². The number of hydrogen-bond donors (Lipinski definition) is 2. The minimum absolute atomic E-state index is 0.0438. The number of amides is 2. The van der Waals surface area contributed by atoms with Crippen LogP contribution in [0.2, 0.25) is 0 Å². The van der Waals surface area contributed by atoms with Crippen LogP contribution in [0.15, 0.2) is 51.1 Å². The Morgan fingerprint density at radius 3 is 1.66 bits per heavy atom. The van der Waals surface area contributed by atoms with Gasteiger partial charge in [-0.05, 0) is 61.5 Å². The van der Waals surface area contributed by atoms with Gasteiger partial charge in [0.25, 0.3) is 0 Å². The summed E-state index contributed by atoms with van der Waals surface area (Å²) in [6, 6.07) is 2.93. The fourth-order valence-electron chi connectivity index (χ4n) is 5.06. The predicted molar refractivity (Wildman–Crippen MR) is 108 cm³/mol. The molecule has 1 aromatic heterocycles. The van der Waals surface area contributed by atoms with Crippen LogP contribution in [0.5, 0.6) is 0 Å². The Labute approximate surface area is 169 Å². The first-order valence-electron chi connectivity index (χ1n) is 10.3. The molecule has 2 N–H and O–H groups in total. The van der Waals surface area contributed by atoms with E-state index in [1.165, 1.54) is 25.0 Å². The molecule has 5 rings (SSSR count). The van der Waals surface area contributed by atoms with E-state index in [0.29, 0.717) is 35.5 Å². The third-order valence-corrected chi connectivity index (χ3v) is 6.58. The summed E-state index contributed by atoms with van der Waals surface area (Å²) >= 11 is 0. The second-order valence-corrected chi connectivity index (χ2v) is 8.49. The van der Waals surface area contributed by atoms with Crippen LogP contribution in [0.25, 0.3) is 0 Å². The van der Waals surface area contributed by atoms with Gasteiger partial charge in [0.2, 0.25) is 0 Å². The highest BCUT2D eigenvalue weighted by atomic mass is 16.4. The van der Waals surface area contributed by atoms with Crippen LogP contribution in [-0.4, -0.2) is 24.2 Å². The van der Waals surface area contributed by atoms with E-state index in [1.807, 2.05) is 12.4 Å². The highest BCUT2D eigenvalue weighted by molar-refractivity contribution is 5.95. The van der Waals surface area contributed by atoms with Crippen LogP contribution < -0.4 is 10.9 Å². The molecule has 4 bridgehead atoms. The molecule has 4 aliphatic rings. The van der Waals surface area contributed by atoms with Gasteiger partial charge in [-0.25, -0.2) is 10.9 Å². The largest absolute Gasteiger partial charge is 0.446 e. The Bertz CT molecular complexity index is 856. The van der Waals surface area contributed by atoms with Gasteiger partial charge in [0, 0.05) is 24.3 Å². The van der Waals surface area contributed by atoms with Crippen molar-refractivity contribution in [3.05, 3.63) is 48.0 Å². The molecule has 0 spiro atoms. The lowest BCUT2D eigenvalue weighted by molar-refractivity contribution is 0.0902. The molecule has 0 unspecified atom stereocenters. The van der Waals surface area contributed by atoms with Crippen LogP contribution in [0, 0.1) is 35.5 Å². The summed E-state index contributed by atoms with van der Waals surface area (Å²) in [5, 5.41) is 8.13. The van der Waals surface area contributed by atoms with Crippen LogP contribution in [0.4, 0.5) is 0 Å². The van der Waals surface area contributed by atoms with Crippen LogP contribution in [0.1, 0.15) is 46.8 Å². The highest BCUT2D eigenvalue weighted by Crippen LogP contribution is 2.43. The third-order valence-electron chi connectivity index (χ3n) is 6.58. The highest BCUT2D eigenvalue weighted by Gasteiger charge is 2.35. The van der Waals surface area contributed by atoms with Gasteiger partial charge in [-0.3, -0.25) is 9.59 Å². The van der Waals surface area contributed by atoms with E-state index >= 15 is 0 Å². The summed E-state index contributed by atoms with van der Waals surface area (Å²) in [7, 11) is 0. The normalized spacial score (nSPS) is 34.1. The molecule has 0 saturated heterocycles. The number of hydrazone groups is 2. The number of allylic oxidation sites excluding steroid dienone is 4. The van der Waals surface area contributed by atoms with Crippen LogP contribution in [-0.2, 0) is 0 Å². The quantitative estimate of drug-likeness (QED) is 0.442. The van der Waals surface area contributed by atoms with E-state index < -0.39 is 11.8 Å². The fourth-order valence-corrected chi connectivity index (χ4v) is 5.06. The van der Waals surface area contributed by atoms with Gasteiger partial charge in [-0.15, -0.1) is 0 Å². The molecule has 150 valence electrons. The number of nitrogens with zero attached hydrogens (tertiary/aromatic N) is 2. The molecule has 2 amide bonds. The number of hydrogen-bond acceptors (Lipinski definition) is 5. The third kappa shape index (κ3) is 3.69. The van der Waals surface area contributed by atoms with Gasteiger partial charge >= 0.3 is 11.8 Å². The summed E-state index contributed by atoms with van der Waals surface area (Å²) in [5.74, 6) is 2.28. The van der Waals surface area contributed by atoms with Crippen LogP contribution >= 0.6 is 0 Å². The lowest BCUT2D eigenvalue weighted by Gasteiger charge is -2.11. The zero-order chi connectivity index (χ0) is 19.8. The number of fused-ring (bicyclic) bond motifs is 4. The molecule has 2 saturated carbocycles. The monoisotopic (exact) mass is 392 g/mol. The first-order chi connectivity index (χ1) is 14.2. The molecular formula is C22H24N4O3. The molecule has 0 radical (unpaired) electrons. The van der Waals surface area contributed by atoms with E-state index in [-0.39, 0.29) is 11.5 Å². The van der Waals surface area contributed by atoms with Crippen molar-refractivity contribution in [1.82, 2.24) is 10.9 Å². The average Bonchev–Trinajstić information content (AvgIpc) is 3.54. The molecular weight excluding hydrogens is 368 g/mol. The lowest BCUT2D eigenvalue weighted by atomic mass is 9.95. The Morgan fingerprint density at radius 2 is 1.28 bits per heavy atom. The van der Waals surface area contributed by atoms with Gasteiger partial charge in [0.1, 0.15) is 0 Å². The molecule has 1 aromatic rings. The molecule has 1 heterocycles. The van der Waals surface area contributed by atoms with Crippen molar-refractivity contribution < 1.29 is 14.0 Å². The van der Waals surface area contributed by atoms with Crippen molar-refractivity contribution >= 4 is 24.2 Å². The van der Waals surface area contributed by atoms with E-state index in [9.17, 15) is 9.59 Å². The molecule has 2 fully saturated rings. The predicted octanol–water partition coefficient (Wildman–Crippen LogP) is 3.14. The lowest BCUT2D eigenvalue weighted by Crippen LogP contribution is -2.20. The van der Waals surface area contributed by atoms with E-state index in [4.69, 9.17) is 4.42 Å². The second-order valence-electron chi connectivity index (χ2n) is 8.49.